The minimum Gasteiger partial charge on any atom is -0.444 e. The number of amides is 1. The first-order chi connectivity index (χ1) is 9.11. The van der Waals surface area contributed by atoms with Crippen LogP contribution in [-0.2, 0) is 4.74 Å². The molecule has 1 N–H and O–H groups in total. The molecule has 1 aromatic rings. The van der Waals surface area contributed by atoms with Crippen molar-refractivity contribution in [2.45, 2.75) is 39.3 Å². The molecule has 0 aliphatic carbocycles. The van der Waals surface area contributed by atoms with Gasteiger partial charge < -0.3 is 10.1 Å². The molecule has 1 aromatic carbocycles. The second-order valence-electron chi connectivity index (χ2n) is 5.33. The van der Waals surface area contributed by atoms with E-state index in [1.165, 1.54) is 25.1 Å². The van der Waals surface area contributed by atoms with Crippen molar-refractivity contribution in [3.63, 3.8) is 0 Å². The Morgan fingerprint density at radius 2 is 1.95 bits per heavy atom. The Morgan fingerprint density at radius 3 is 2.50 bits per heavy atom. The van der Waals surface area contributed by atoms with Gasteiger partial charge in [0.25, 0.3) is 0 Å². The van der Waals surface area contributed by atoms with Gasteiger partial charge in [0.2, 0.25) is 0 Å². The number of benzene rings is 1. The minimum absolute atomic E-state index is 0.139. The van der Waals surface area contributed by atoms with E-state index in [4.69, 9.17) is 16.3 Å². The van der Waals surface area contributed by atoms with E-state index in [2.05, 4.69) is 5.32 Å². The second-order valence-corrected chi connectivity index (χ2v) is 5.74. The number of halogens is 2. The first-order valence-electron chi connectivity index (χ1n) is 6.09. The summed E-state index contributed by atoms with van der Waals surface area (Å²) in [6, 6.07) is 3.22. The van der Waals surface area contributed by atoms with Crippen LogP contribution in [0.5, 0.6) is 0 Å². The zero-order chi connectivity index (χ0) is 15.5. The lowest BCUT2D eigenvalue weighted by Crippen LogP contribution is -2.41. The lowest BCUT2D eigenvalue weighted by atomic mass is 10.1. The van der Waals surface area contributed by atoms with E-state index in [1.54, 1.807) is 20.8 Å². The van der Waals surface area contributed by atoms with Gasteiger partial charge in [-0.05, 0) is 39.8 Å². The number of hydrogen-bond acceptors (Lipinski definition) is 3. The van der Waals surface area contributed by atoms with Crippen LogP contribution >= 0.6 is 11.6 Å². The number of nitrogens with one attached hydrogen (secondary N) is 1. The third-order valence-corrected chi connectivity index (χ3v) is 2.64. The fraction of sp³-hybridized carbons (Fsp3) is 0.429. The van der Waals surface area contributed by atoms with E-state index < -0.39 is 29.3 Å². The largest absolute Gasteiger partial charge is 0.444 e. The number of alkyl carbamates (subject to hydrolysis) is 1. The number of hydrogen-bond donors (Lipinski definition) is 1. The van der Waals surface area contributed by atoms with E-state index >= 15 is 0 Å². The average Bonchev–Trinajstić information content (AvgIpc) is 2.29. The maximum absolute atomic E-state index is 13.7. The highest BCUT2D eigenvalue weighted by molar-refractivity contribution is 6.31. The molecule has 0 heterocycles. The molecule has 6 heteroatoms. The molecule has 20 heavy (non-hydrogen) atoms. The molecule has 0 aromatic heterocycles. The molecule has 4 nitrogen and oxygen atoms in total. The van der Waals surface area contributed by atoms with Gasteiger partial charge in [-0.15, -0.1) is 0 Å². The summed E-state index contributed by atoms with van der Waals surface area (Å²) in [7, 11) is 0. The summed E-state index contributed by atoms with van der Waals surface area (Å²) in [4.78, 5) is 23.6. The Kier molecular flexibility index (Phi) is 5.11. The van der Waals surface area contributed by atoms with E-state index in [0.29, 0.717) is 0 Å². The third kappa shape index (κ3) is 4.49. The van der Waals surface area contributed by atoms with Crippen molar-refractivity contribution in [3.8, 4) is 0 Å². The summed E-state index contributed by atoms with van der Waals surface area (Å²) in [5, 5.41) is 2.22. The Morgan fingerprint density at radius 1 is 1.35 bits per heavy atom. The van der Waals surface area contributed by atoms with Gasteiger partial charge in [0, 0.05) is 0 Å². The van der Waals surface area contributed by atoms with Gasteiger partial charge in [-0.25, -0.2) is 9.18 Å². The van der Waals surface area contributed by atoms with Crippen molar-refractivity contribution in [1.29, 1.82) is 0 Å². The van der Waals surface area contributed by atoms with Crippen LogP contribution in [0.4, 0.5) is 9.18 Å². The van der Waals surface area contributed by atoms with Crippen LogP contribution in [0.2, 0.25) is 5.02 Å². The Bertz CT molecular complexity index is 526. The van der Waals surface area contributed by atoms with Gasteiger partial charge in [0.05, 0.1) is 16.6 Å². The number of ether oxygens (including phenoxy) is 1. The predicted octanol–water partition coefficient (Wildman–Crippen LogP) is 3.58. The fourth-order valence-electron chi connectivity index (χ4n) is 1.48. The molecule has 1 unspecified atom stereocenters. The van der Waals surface area contributed by atoms with Crippen LogP contribution in [0, 0.1) is 5.82 Å². The molecule has 1 rings (SSSR count). The lowest BCUT2D eigenvalue weighted by molar-refractivity contribution is 0.0496. The highest BCUT2D eigenvalue weighted by atomic mass is 35.5. The maximum Gasteiger partial charge on any atom is 0.408 e. The highest BCUT2D eigenvalue weighted by Crippen LogP contribution is 2.19. The first kappa shape index (κ1) is 16.4. The predicted molar refractivity (Wildman–Crippen MR) is 74.6 cm³/mol. The minimum atomic E-state index is -0.919. The molecule has 110 valence electrons. The van der Waals surface area contributed by atoms with Crippen molar-refractivity contribution < 1.29 is 18.7 Å². The summed E-state index contributed by atoms with van der Waals surface area (Å²) in [5.41, 5.74) is -0.838. The summed E-state index contributed by atoms with van der Waals surface area (Å²) >= 11 is 5.62. The molecule has 0 aliphatic heterocycles. The van der Waals surface area contributed by atoms with Crippen LogP contribution in [0.15, 0.2) is 18.2 Å². The van der Waals surface area contributed by atoms with Gasteiger partial charge in [-0.3, -0.25) is 4.79 Å². The van der Waals surface area contributed by atoms with E-state index in [1.807, 2.05) is 0 Å². The molecular formula is C14H17ClFNO3. The van der Waals surface area contributed by atoms with Gasteiger partial charge in [-0.2, -0.15) is 0 Å². The molecule has 0 aliphatic rings. The zero-order valence-corrected chi connectivity index (χ0v) is 12.5. The maximum atomic E-state index is 13.7. The Balaban J connectivity index is 2.77. The normalized spacial score (nSPS) is 12.7. The number of ketones is 1. The topological polar surface area (TPSA) is 55.4 Å². The Labute approximate surface area is 122 Å². The SMILES string of the molecule is CC(NC(=O)OC(C)(C)C)C(=O)c1cccc(Cl)c1F. The quantitative estimate of drug-likeness (QED) is 0.868. The zero-order valence-electron chi connectivity index (χ0n) is 11.8. The van der Waals surface area contributed by atoms with Crippen molar-refractivity contribution >= 4 is 23.5 Å². The molecule has 0 bridgehead atoms. The monoisotopic (exact) mass is 301 g/mol. The molecule has 0 radical (unpaired) electrons. The summed E-state index contributed by atoms with van der Waals surface area (Å²) in [6.07, 6.45) is -0.735. The standard InChI is InChI=1S/C14H17ClFNO3/c1-8(17-13(19)20-14(2,3)4)12(18)9-6-5-7-10(15)11(9)16/h5-8H,1-4H3,(H,17,19). The van der Waals surface area contributed by atoms with Crippen molar-refractivity contribution in [1.82, 2.24) is 5.32 Å². The molecule has 1 atom stereocenters. The van der Waals surface area contributed by atoms with Crippen molar-refractivity contribution in [2.24, 2.45) is 0 Å². The third-order valence-electron chi connectivity index (χ3n) is 2.34. The number of rotatable bonds is 3. The van der Waals surface area contributed by atoms with E-state index in [0.717, 1.165) is 0 Å². The molecule has 0 spiro atoms. The Hall–Kier alpha value is -1.62. The molecule has 0 saturated heterocycles. The van der Waals surface area contributed by atoms with Crippen LogP contribution in [0.3, 0.4) is 0 Å². The van der Waals surface area contributed by atoms with E-state index in [-0.39, 0.29) is 10.6 Å². The van der Waals surface area contributed by atoms with Crippen molar-refractivity contribution in [3.05, 3.63) is 34.6 Å². The smallest absolute Gasteiger partial charge is 0.408 e. The average molecular weight is 302 g/mol. The number of Topliss-reactive ketones (excluding diaryl/α,β-unsaturated/α-hetero) is 1. The number of carbonyl (C=O) groups excluding carboxylic acids is 2. The van der Waals surface area contributed by atoms with Crippen LogP contribution in [-0.4, -0.2) is 23.5 Å². The summed E-state index contributed by atoms with van der Waals surface area (Å²) in [5.74, 6) is -1.37. The van der Waals surface area contributed by atoms with Crippen LogP contribution in [0.1, 0.15) is 38.1 Å². The molecule has 1 amide bonds. The van der Waals surface area contributed by atoms with Gasteiger partial charge in [-0.1, -0.05) is 17.7 Å². The highest BCUT2D eigenvalue weighted by Gasteiger charge is 2.24. The fourth-order valence-corrected chi connectivity index (χ4v) is 1.65. The van der Waals surface area contributed by atoms with Crippen LogP contribution in [0.25, 0.3) is 0 Å². The lowest BCUT2D eigenvalue weighted by Gasteiger charge is -2.21. The number of carbonyl (C=O) groups is 2. The molecule has 0 saturated carbocycles. The summed E-state index contributed by atoms with van der Waals surface area (Å²) < 4.78 is 18.8. The van der Waals surface area contributed by atoms with Gasteiger partial charge in [0.15, 0.2) is 11.6 Å². The van der Waals surface area contributed by atoms with Gasteiger partial charge >= 0.3 is 6.09 Å². The first-order valence-corrected chi connectivity index (χ1v) is 6.47. The van der Waals surface area contributed by atoms with Crippen LogP contribution < -0.4 is 5.32 Å². The molecule has 0 fully saturated rings. The van der Waals surface area contributed by atoms with Gasteiger partial charge in [0.1, 0.15) is 5.60 Å². The summed E-state index contributed by atoms with van der Waals surface area (Å²) in [6.45, 7) is 6.56. The van der Waals surface area contributed by atoms with E-state index in [9.17, 15) is 14.0 Å². The molecular weight excluding hydrogens is 285 g/mol. The van der Waals surface area contributed by atoms with Crippen molar-refractivity contribution in [2.75, 3.05) is 0 Å². The second kappa shape index (κ2) is 6.22.